The summed E-state index contributed by atoms with van der Waals surface area (Å²) in [5, 5.41) is 5.74. The molecule has 2 heterocycles. The van der Waals surface area contributed by atoms with Crippen molar-refractivity contribution in [2.45, 2.75) is 39.2 Å². The summed E-state index contributed by atoms with van der Waals surface area (Å²) in [5.41, 5.74) is 5.86. The molecule has 0 saturated heterocycles. The average Bonchev–Trinajstić information content (AvgIpc) is 3.31. The third-order valence-corrected chi connectivity index (χ3v) is 6.90. The molecule has 7 nitrogen and oxygen atoms in total. The molecule has 178 valence electrons. The van der Waals surface area contributed by atoms with E-state index in [9.17, 15) is 18.8 Å². The van der Waals surface area contributed by atoms with Crippen LogP contribution >= 0.6 is 0 Å². The van der Waals surface area contributed by atoms with Gasteiger partial charge in [-0.3, -0.25) is 14.4 Å². The minimum absolute atomic E-state index is 0.199. The fraction of sp³-hybridized carbons (Fsp3) is 0.346. The summed E-state index contributed by atoms with van der Waals surface area (Å²) in [4.78, 5) is 41.5. The van der Waals surface area contributed by atoms with Crippen LogP contribution in [0.2, 0.25) is 0 Å². The second-order valence-electron chi connectivity index (χ2n) is 9.01. The maximum Gasteiger partial charge on any atom is 0.256 e. The highest BCUT2D eigenvalue weighted by molar-refractivity contribution is 6.34. The van der Waals surface area contributed by atoms with Crippen molar-refractivity contribution in [1.82, 2.24) is 15.2 Å². The molecule has 2 aromatic rings. The summed E-state index contributed by atoms with van der Waals surface area (Å²) in [6.45, 7) is 7.68. The largest absolute Gasteiger partial charge is 0.358 e. The predicted octanol–water partition coefficient (Wildman–Crippen LogP) is 3.21. The number of nitrogens with zero attached hydrogens (tertiary/aromatic N) is 1. The van der Waals surface area contributed by atoms with Crippen molar-refractivity contribution in [1.29, 1.82) is 0 Å². The number of carbonyl (C=O) groups excluding carboxylic acids is 3. The lowest BCUT2D eigenvalue weighted by Gasteiger charge is -2.26. The molecular weight excluding hydrogens is 435 g/mol. The quantitative estimate of drug-likeness (QED) is 0.573. The van der Waals surface area contributed by atoms with Gasteiger partial charge in [0.05, 0.1) is 5.57 Å². The van der Waals surface area contributed by atoms with Crippen molar-refractivity contribution in [3.05, 3.63) is 64.7 Å². The van der Waals surface area contributed by atoms with Crippen molar-refractivity contribution in [3.63, 3.8) is 0 Å². The monoisotopic (exact) mass is 464 g/mol. The number of fused-ring (bicyclic) bond motifs is 2. The van der Waals surface area contributed by atoms with E-state index in [2.05, 4.69) is 22.2 Å². The lowest BCUT2D eigenvalue weighted by Crippen LogP contribution is -2.46. The van der Waals surface area contributed by atoms with E-state index in [-0.39, 0.29) is 29.5 Å². The van der Waals surface area contributed by atoms with Crippen LogP contribution in [0, 0.1) is 18.7 Å². The van der Waals surface area contributed by atoms with E-state index in [0.717, 1.165) is 36.2 Å². The van der Waals surface area contributed by atoms with Gasteiger partial charge in [-0.15, -0.1) is 0 Å². The molecule has 2 aliphatic rings. The summed E-state index contributed by atoms with van der Waals surface area (Å²) < 4.78 is 13.8. The van der Waals surface area contributed by atoms with Gasteiger partial charge in [0.2, 0.25) is 11.8 Å². The molecule has 4 rings (SSSR count). The Morgan fingerprint density at radius 2 is 2.15 bits per heavy atom. The number of nitrogens with one attached hydrogen (secondary N) is 3. The number of aromatic nitrogens is 1. The van der Waals surface area contributed by atoms with Crippen LogP contribution in [0.4, 0.5) is 10.1 Å². The first-order valence-electron chi connectivity index (χ1n) is 11.4. The van der Waals surface area contributed by atoms with Gasteiger partial charge in [0.15, 0.2) is 0 Å². The Balaban J connectivity index is 1.46. The Morgan fingerprint density at radius 1 is 1.38 bits per heavy atom. The Morgan fingerprint density at radius 3 is 2.88 bits per heavy atom. The van der Waals surface area contributed by atoms with Gasteiger partial charge in [-0.1, -0.05) is 6.58 Å². The molecule has 0 spiro atoms. The minimum atomic E-state index is -0.583. The highest BCUT2D eigenvalue weighted by Crippen LogP contribution is 2.36. The highest BCUT2D eigenvalue weighted by atomic mass is 19.1. The van der Waals surface area contributed by atoms with Crippen LogP contribution in [0.25, 0.3) is 11.6 Å². The van der Waals surface area contributed by atoms with Crippen LogP contribution in [-0.4, -0.2) is 47.2 Å². The Bertz CT molecular complexity index is 1210. The molecule has 8 heteroatoms. The first-order chi connectivity index (χ1) is 16.2. The number of anilines is 1. The molecule has 1 aromatic heterocycles. The van der Waals surface area contributed by atoms with E-state index in [0.29, 0.717) is 23.4 Å². The van der Waals surface area contributed by atoms with Crippen molar-refractivity contribution in [3.8, 4) is 0 Å². The van der Waals surface area contributed by atoms with Gasteiger partial charge in [0.25, 0.3) is 5.91 Å². The van der Waals surface area contributed by atoms with Crippen LogP contribution in [-0.2, 0) is 27.2 Å². The Kier molecular flexibility index (Phi) is 6.41. The SMILES string of the molecule is C=CC(=O)N(C)C(C)C(=O)NC[C@H]1CCc2c([nH]c(C=C3C(=O)Nc4ccc(F)cc43)c2C)C1. The zero-order valence-electron chi connectivity index (χ0n) is 19.6. The van der Waals surface area contributed by atoms with Crippen LogP contribution < -0.4 is 10.6 Å². The summed E-state index contributed by atoms with van der Waals surface area (Å²) >= 11 is 0. The number of hydrogen-bond donors (Lipinski definition) is 3. The first kappa shape index (κ1) is 23.5. The van der Waals surface area contributed by atoms with E-state index in [1.54, 1.807) is 26.1 Å². The first-order valence-corrected chi connectivity index (χ1v) is 11.4. The topological polar surface area (TPSA) is 94.3 Å². The molecule has 1 aliphatic carbocycles. The lowest BCUT2D eigenvalue weighted by atomic mass is 9.86. The average molecular weight is 465 g/mol. The van der Waals surface area contributed by atoms with Crippen LogP contribution in [0.3, 0.4) is 0 Å². The Labute approximate surface area is 198 Å². The molecule has 0 bridgehead atoms. The van der Waals surface area contributed by atoms with Gasteiger partial charge < -0.3 is 20.5 Å². The van der Waals surface area contributed by atoms with Gasteiger partial charge in [0, 0.05) is 36.2 Å². The zero-order chi connectivity index (χ0) is 24.6. The number of carbonyl (C=O) groups is 3. The molecule has 34 heavy (non-hydrogen) atoms. The molecular formula is C26H29FN4O3. The number of benzene rings is 1. The standard InChI is InChI=1S/C26H29FN4O3/c1-5-24(32)31(4)15(3)25(33)28-13-16-6-8-18-14(2)22(29-23(18)10-16)12-20-19-11-17(27)7-9-21(19)30-26(20)34/h5,7,9,11-12,15-16,29H,1,6,8,10,13H2,2-4H3,(H,28,33)(H,30,34)/t15?,16-/m0/s1. The number of likely N-dealkylation sites (N-methyl/N-ethyl adjacent to an activating group) is 1. The highest BCUT2D eigenvalue weighted by Gasteiger charge is 2.28. The minimum Gasteiger partial charge on any atom is -0.358 e. The number of hydrogen-bond acceptors (Lipinski definition) is 3. The van der Waals surface area contributed by atoms with E-state index in [1.807, 2.05) is 6.92 Å². The van der Waals surface area contributed by atoms with Crippen molar-refractivity contribution in [2.24, 2.45) is 5.92 Å². The van der Waals surface area contributed by atoms with E-state index in [4.69, 9.17) is 0 Å². The number of rotatable bonds is 6. The van der Waals surface area contributed by atoms with Crippen LogP contribution in [0.5, 0.6) is 0 Å². The molecule has 0 saturated carbocycles. The number of amides is 3. The van der Waals surface area contributed by atoms with Crippen molar-refractivity contribution < 1.29 is 18.8 Å². The maximum absolute atomic E-state index is 13.8. The fourth-order valence-corrected chi connectivity index (χ4v) is 4.64. The van der Waals surface area contributed by atoms with Gasteiger partial charge in [-0.05, 0) is 80.5 Å². The van der Waals surface area contributed by atoms with E-state index < -0.39 is 6.04 Å². The van der Waals surface area contributed by atoms with Gasteiger partial charge >= 0.3 is 0 Å². The molecule has 0 fully saturated rings. The molecule has 2 atom stereocenters. The normalized spacial score (nSPS) is 18.6. The summed E-state index contributed by atoms with van der Waals surface area (Å²) in [7, 11) is 1.58. The molecule has 1 unspecified atom stereocenters. The van der Waals surface area contributed by atoms with Crippen molar-refractivity contribution in [2.75, 3.05) is 18.9 Å². The molecule has 1 aromatic carbocycles. The van der Waals surface area contributed by atoms with Gasteiger partial charge in [-0.25, -0.2) is 4.39 Å². The Hall–Kier alpha value is -3.68. The smallest absolute Gasteiger partial charge is 0.256 e. The van der Waals surface area contributed by atoms with E-state index in [1.165, 1.54) is 28.7 Å². The molecule has 3 N–H and O–H groups in total. The number of aromatic amines is 1. The molecule has 3 amide bonds. The second kappa shape index (κ2) is 9.29. The summed E-state index contributed by atoms with van der Waals surface area (Å²) in [5.74, 6) is -0.873. The number of halogens is 1. The summed E-state index contributed by atoms with van der Waals surface area (Å²) in [6, 6.07) is 3.69. The van der Waals surface area contributed by atoms with Gasteiger partial charge in [0.1, 0.15) is 11.9 Å². The maximum atomic E-state index is 13.8. The third kappa shape index (κ3) is 4.40. The molecule has 1 aliphatic heterocycles. The van der Waals surface area contributed by atoms with Crippen LogP contribution in [0.15, 0.2) is 30.9 Å². The van der Waals surface area contributed by atoms with Crippen LogP contribution in [0.1, 0.15) is 41.4 Å². The summed E-state index contributed by atoms with van der Waals surface area (Å²) in [6.07, 6.45) is 5.54. The third-order valence-electron chi connectivity index (χ3n) is 6.90. The van der Waals surface area contributed by atoms with Gasteiger partial charge in [-0.2, -0.15) is 0 Å². The molecule has 0 radical (unpaired) electrons. The van der Waals surface area contributed by atoms with E-state index >= 15 is 0 Å². The fourth-order valence-electron chi connectivity index (χ4n) is 4.64. The number of H-pyrrole nitrogens is 1. The lowest BCUT2D eigenvalue weighted by molar-refractivity contribution is -0.135. The van der Waals surface area contributed by atoms with Crippen molar-refractivity contribution >= 4 is 35.1 Å². The predicted molar refractivity (Wildman–Crippen MR) is 129 cm³/mol. The zero-order valence-corrected chi connectivity index (χ0v) is 19.6. The second-order valence-corrected chi connectivity index (χ2v) is 9.01.